The third-order valence-corrected chi connectivity index (χ3v) is 3.23. The van der Waals surface area contributed by atoms with E-state index >= 15 is 0 Å². The van der Waals surface area contributed by atoms with E-state index in [0.29, 0.717) is 5.82 Å². The molecule has 0 heterocycles. The van der Waals surface area contributed by atoms with Crippen LogP contribution in [-0.4, -0.2) is 0 Å². The zero-order valence-corrected chi connectivity index (χ0v) is 12.5. The van der Waals surface area contributed by atoms with Crippen LogP contribution in [-0.2, 0) is 0 Å². The number of allylic oxidation sites excluding steroid dienone is 3. The molecule has 0 saturated heterocycles. The molecular formula is C15H22ClN3. The van der Waals surface area contributed by atoms with Crippen molar-refractivity contribution in [3.8, 4) is 0 Å². The van der Waals surface area contributed by atoms with Gasteiger partial charge < -0.3 is 16.8 Å². The minimum Gasteiger partial charge on any atom is -0.402 e. The average molecular weight is 280 g/mol. The maximum atomic E-state index is 6.03. The quantitative estimate of drug-likeness (QED) is 0.724. The molecule has 3 nitrogen and oxygen atoms in total. The smallest absolute Gasteiger partial charge is 0.0995 e. The van der Waals surface area contributed by atoms with Crippen LogP contribution in [0, 0.1) is 0 Å². The lowest BCUT2D eigenvalue weighted by molar-refractivity contribution is 0.643. The Morgan fingerprint density at radius 2 is 1.89 bits per heavy atom. The predicted octanol–water partition coefficient (Wildman–Crippen LogP) is 3.43. The van der Waals surface area contributed by atoms with Gasteiger partial charge in [0.1, 0.15) is 0 Å². The van der Waals surface area contributed by atoms with Crippen LogP contribution in [0.15, 0.2) is 47.4 Å². The zero-order chi connectivity index (χ0) is 14.4. The molecule has 0 fully saturated rings. The normalized spacial score (nSPS) is 14.8. The Labute approximate surface area is 120 Å². The third kappa shape index (κ3) is 4.87. The first-order valence-electron chi connectivity index (χ1n) is 6.38. The second kappa shape index (κ2) is 7.10. The molecule has 4 heteroatoms. The first kappa shape index (κ1) is 15.4. The number of rotatable bonds is 5. The minimum atomic E-state index is 0.114. The Balaban J connectivity index is 2.78. The SMILES string of the molecule is CC/C(N)=C/C(C)=C(\N)NC(C)c1ccc(Cl)cc1. The van der Waals surface area contributed by atoms with Crippen LogP contribution in [0.4, 0.5) is 0 Å². The highest BCUT2D eigenvalue weighted by Crippen LogP contribution is 2.17. The summed E-state index contributed by atoms with van der Waals surface area (Å²) < 4.78 is 0. The Kier molecular flexibility index (Phi) is 5.77. The van der Waals surface area contributed by atoms with Crippen molar-refractivity contribution in [2.75, 3.05) is 0 Å². The summed E-state index contributed by atoms with van der Waals surface area (Å²) in [6.45, 7) is 6.01. The van der Waals surface area contributed by atoms with Crippen LogP contribution >= 0.6 is 11.6 Å². The minimum absolute atomic E-state index is 0.114. The second-order valence-corrected chi connectivity index (χ2v) is 5.02. The second-order valence-electron chi connectivity index (χ2n) is 4.59. The summed E-state index contributed by atoms with van der Waals surface area (Å²) >= 11 is 5.87. The first-order chi connectivity index (χ1) is 8.93. The van der Waals surface area contributed by atoms with Gasteiger partial charge in [0.2, 0.25) is 0 Å². The van der Waals surface area contributed by atoms with Crippen molar-refractivity contribution in [1.82, 2.24) is 5.32 Å². The fraction of sp³-hybridized carbons (Fsp3) is 0.333. The Morgan fingerprint density at radius 3 is 2.42 bits per heavy atom. The van der Waals surface area contributed by atoms with Gasteiger partial charge in [0, 0.05) is 16.8 Å². The van der Waals surface area contributed by atoms with E-state index in [1.54, 1.807) is 0 Å². The van der Waals surface area contributed by atoms with E-state index in [1.165, 1.54) is 0 Å². The number of nitrogens with two attached hydrogens (primary N) is 2. The van der Waals surface area contributed by atoms with Gasteiger partial charge in [0.15, 0.2) is 0 Å². The van der Waals surface area contributed by atoms with E-state index in [2.05, 4.69) is 12.2 Å². The molecule has 0 spiro atoms. The Bertz CT molecular complexity index is 475. The molecule has 104 valence electrons. The molecule has 0 aliphatic rings. The maximum absolute atomic E-state index is 6.03. The highest BCUT2D eigenvalue weighted by atomic mass is 35.5. The van der Waals surface area contributed by atoms with E-state index in [4.69, 9.17) is 23.1 Å². The summed E-state index contributed by atoms with van der Waals surface area (Å²) in [4.78, 5) is 0. The monoisotopic (exact) mass is 279 g/mol. The van der Waals surface area contributed by atoms with Gasteiger partial charge in [-0.2, -0.15) is 0 Å². The van der Waals surface area contributed by atoms with Gasteiger partial charge in [0.05, 0.1) is 5.82 Å². The topological polar surface area (TPSA) is 64.1 Å². The fourth-order valence-electron chi connectivity index (χ4n) is 1.64. The van der Waals surface area contributed by atoms with Crippen molar-refractivity contribution in [3.63, 3.8) is 0 Å². The molecule has 1 atom stereocenters. The third-order valence-electron chi connectivity index (χ3n) is 2.98. The Morgan fingerprint density at radius 1 is 1.32 bits per heavy atom. The molecular weight excluding hydrogens is 258 g/mol. The summed E-state index contributed by atoms with van der Waals surface area (Å²) in [7, 11) is 0. The van der Waals surface area contributed by atoms with Gasteiger partial charge >= 0.3 is 0 Å². The highest BCUT2D eigenvalue weighted by molar-refractivity contribution is 6.30. The molecule has 1 unspecified atom stereocenters. The highest BCUT2D eigenvalue weighted by Gasteiger charge is 2.06. The van der Waals surface area contributed by atoms with E-state index in [0.717, 1.165) is 28.3 Å². The van der Waals surface area contributed by atoms with Crippen molar-refractivity contribution >= 4 is 11.6 Å². The lowest BCUT2D eigenvalue weighted by Crippen LogP contribution is -2.24. The predicted molar refractivity (Wildman–Crippen MR) is 82.5 cm³/mol. The van der Waals surface area contributed by atoms with Crippen molar-refractivity contribution < 1.29 is 0 Å². The maximum Gasteiger partial charge on any atom is 0.0995 e. The van der Waals surface area contributed by atoms with Crippen molar-refractivity contribution in [1.29, 1.82) is 0 Å². The van der Waals surface area contributed by atoms with E-state index < -0.39 is 0 Å². The molecule has 1 aromatic rings. The Hall–Kier alpha value is -1.61. The average Bonchev–Trinajstić information content (AvgIpc) is 2.38. The van der Waals surface area contributed by atoms with Gasteiger partial charge in [-0.3, -0.25) is 0 Å². The molecule has 19 heavy (non-hydrogen) atoms. The number of halogens is 1. The van der Waals surface area contributed by atoms with Gasteiger partial charge in [-0.05, 0) is 49.6 Å². The standard InChI is InChI=1S/C15H22ClN3/c1-4-14(17)9-10(2)15(18)19-11(3)12-5-7-13(16)8-6-12/h5-9,11,19H,4,17-18H2,1-3H3/b14-9-,15-10+. The molecule has 0 bridgehead atoms. The van der Waals surface area contributed by atoms with E-state index in [-0.39, 0.29) is 6.04 Å². The van der Waals surface area contributed by atoms with Crippen molar-refractivity contribution in [2.45, 2.75) is 33.2 Å². The van der Waals surface area contributed by atoms with Gasteiger partial charge in [0.25, 0.3) is 0 Å². The molecule has 5 N–H and O–H groups in total. The van der Waals surface area contributed by atoms with E-state index in [1.807, 2.05) is 44.2 Å². The summed E-state index contributed by atoms with van der Waals surface area (Å²) in [5.41, 5.74) is 14.7. The summed E-state index contributed by atoms with van der Waals surface area (Å²) in [5.74, 6) is 0.638. The lowest BCUT2D eigenvalue weighted by atomic mass is 10.1. The van der Waals surface area contributed by atoms with Crippen LogP contribution in [0.25, 0.3) is 0 Å². The van der Waals surface area contributed by atoms with Crippen LogP contribution in [0.2, 0.25) is 5.02 Å². The first-order valence-corrected chi connectivity index (χ1v) is 6.76. The molecule has 0 aliphatic carbocycles. The molecule has 0 amide bonds. The van der Waals surface area contributed by atoms with Gasteiger partial charge in [-0.15, -0.1) is 0 Å². The molecule has 0 radical (unpaired) electrons. The number of hydrogen-bond acceptors (Lipinski definition) is 3. The van der Waals surface area contributed by atoms with Crippen LogP contribution in [0.3, 0.4) is 0 Å². The summed E-state index contributed by atoms with van der Waals surface area (Å²) in [5, 5.41) is 3.99. The van der Waals surface area contributed by atoms with Crippen molar-refractivity contribution in [3.05, 3.63) is 58.0 Å². The molecule has 0 saturated carbocycles. The molecule has 1 aromatic carbocycles. The molecule has 0 aromatic heterocycles. The van der Waals surface area contributed by atoms with Crippen LogP contribution in [0.1, 0.15) is 38.8 Å². The van der Waals surface area contributed by atoms with Crippen LogP contribution < -0.4 is 16.8 Å². The number of nitrogens with one attached hydrogen (secondary N) is 1. The van der Waals surface area contributed by atoms with E-state index in [9.17, 15) is 0 Å². The fourth-order valence-corrected chi connectivity index (χ4v) is 1.77. The largest absolute Gasteiger partial charge is 0.402 e. The van der Waals surface area contributed by atoms with Gasteiger partial charge in [-0.25, -0.2) is 0 Å². The zero-order valence-electron chi connectivity index (χ0n) is 11.7. The number of hydrogen-bond donors (Lipinski definition) is 3. The van der Waals surface area contributed by atoms with Gasteiger partial charge in [-0.1, -0.05) is 30.7 Å². The lowest BCUT2D eigenvalue weighted by Gasteiger charge is -2.17. The summed E-state index contributed by atoms with van der Waals surface area (Å²) in [6, 6.07) is 7.83. The molecule has 0 aliphatic heterocycles. The van der Waals surface area contributed by atoms with Crippen LogP contribution in [0.5, 0.6) is 0 Å². The number of benzene rings is 1. The summed E-state index contributed by atoms with van der Waals surface area (Å²) in [6.07, 6.45) is 2.72. The molecule has 1 rings (SSSR count). The van der Waals surface area contributed by atoms with Crippen molar-refractivity contribution in [2.24, 2.45) is 11.5 Å².